The molecule has 0 heterocycles. The van der Waals surface area contributed by atoms with Gasteiger partial charge in [0.2, 0.25) is 0 Å². The summed E-state index contributed by atoms with van der Waals surface area (Å²) < 4.78 is 15.8. The summed E-state index contributed by atoms with van der Waals surface area (Å²) in [6.07, 6.45) is 2.57. The molecule has 20 heavy (non-hydrogen) atoms. The Labute approximate surface area is 121 Å². The number of hydrogen-bond donors (Lipinski definition) is 5. The van der Waals surface area contributed by atoms with Crippen molar-refractivity contribution in [2.75, 3.05) is 0 Å². The molecule has 0 spiro atoms. The van der Waals surface area contributed by atoms with Crippen LogP contribution in [0.25, 0.3) is 0 Å². The van der Waals surface area contributed by atoms with E-state index >= 15 is 0 Å². The summed E-state index contributed by atoms with van der Waals surface area (Å²) in [4.78, 5) is 17.9. The van der Waals surface area contributed by atoms with Crippen molar-refractivity contribution >= 4 is 7.82 Å². The Hall–Kier alpha value is -0.0100. The molecule has 0 aliphatic heterocycles. The van der Waals surface area contributed by atoms with Crippen molar-refractivity contribution in [3.05, 3.63) is 0 Å². The van der Waals surface area contributed by atoms with Gasteiger partial charge in [-0.15, -0.1) is 0 Å². The third kappa shape index (κ3) is 7.69. The Morgan fingerprint density at radius 3 is 1.85 bits per heavy atom. The molecular weight excluding hydrogens is 285 g/mol. The molecule has 0 aromatic heterocycles. The van der Waals surface area contributed by atoms with Gasteiger partial charge in [-0.25, -0.2) is 4.57 Å². The summed E-state index contributed by atoms with van der Waals surface area (Å²) >= 11 is 0. The second-order valence-corrected chi connectivity index (χ2v) is 6.22. The first-order valence-electron chi connectivity index (χ1n) is 6.78. The van der Waals surface area contributed by atoms with Crippen molar-refractivity contribution in [2.24, 2.45) is 0 Å². The van der Waals surface area contributed by atoms with Gasteiger partial charge >= 0.3 is 7.82 Å². The SMILES string of the molecule is CCCCCCCC(OP(=O)(O)O)(C(C)O)C(C)O.N. The van der Waals surface area contributed by atoms with Crippen LogP contribution in [0.15, 0.2) is 0 Å². The highest BCUT2D eigenvalue weighted by molar-refractivity contribution is 7.46. The molecule has 0 rings (SSSR count). The highest BCUT2D eigenvalue weighted by Crippen LogP contribution is 2.46. The smallest absolute Gasteiger partial charge is 0.390 e. The van der Waals surface area contributed by atoms with E-state index in [2.05, 4.69) is 6.92 Å². The van der Waals surface area contributed by atoms with Gasteiger partial charge in [0, 0.05) is 0 Å². The second-order valence-electron chi connectivity index (χ2n) is 5.05. The molecule has 0 amide bonds. The first-order valence-corrected chi connectivity index (χ1v) is 8.31. The molecule has 124 valence electrons. The van der Waals surface area contributed by atoms with Crippen LogP contribution in [0, 0.1) is 0 Å². The fourth-order valence-electron chi connectivity index (χ4n) is 2.19. The zero-order chi connectivity index (χ0) is 15.1. The van der Waals surface area contributed by atoms with E-state index in [0.29, 0.717) is 6.42 Å². The molecule has 7 N–H and O–H groups in total. The van der Waals surface area contributed by atoms with Gasteiger partial charge in [0.05, 0.1) is 12.2 Å². The Morgan fingerprint density at radius 1 is 1.05 bits per heavy atom. The van der Waals surface area contributed by atoms with Gasteiger partial charge in [-0.05, 0) is 20.3 Å². The molecule has 0 fully saturated rings. The third-order valence-corrected chi connectivity index (χ3v) is 3.95. The summed E-state index contributed by atoms with van der Waals surface area (Å²) in [6.45, 7) is 4.83. The first-order chi connectivity index (χ1) is 8.65. The van der Waals surface area contributed by atoms with Crippen LogP contribution in [0.3, 0.4) is 0 Å². The molecule has 0 radical (unpaired) electrons. The van der Waals surface area contributed by atoms with E-state index in [1.54, 1.807) is 0 Å². The van der Waals surface area contributed by atoms with Gasteiger partial charge in [0.1, 0.15) is 5.60 Å². The summed E-state index contributed by atoms with van der Waals surface area (Å²) in [7, 11) is -4.78. The maximum absolute atomic E-state index is 11.0. The van der Waals surface area contributed by atoms with Crippen LogP contribution in [0.1, 0.15) is 59.3 Å². The van der Waals surface area contributed by atoms with Crippen molar-refractivity contribution < 1.29 is 29.1 Å². The summed E-state index contributed by atoms with van der Waals surface area (Å²) in [6, 6.07) is 0. The zero-order valence-electron chi connectivity index (χ0n) is 12.7. The fourth-order valence-corrected chi connectivity index (χ4v) is 3.03. The van der Waals surface area contributed by atoms with Gasteiger partial charge in [-0.3, -0.25) is 4.52 Å². The number of phosphoric ester groups is 1. The first kappa shape index (κ1) is 22.3. The number of hydrogen-bond acceptors (Lipinski definition) is 5. The lowest BCUT2D eigenvalue weighted by molar-refractivity contribution is -0.131. The fraction of sp³-hybridized carbons (Fsp3) is 1.00. The summed E-state index contributed by atoms with van der Waals surface area (Å²) in [5, 5.41) is 19.5. The normalized spacial score (nSPS) is 17.9. The van der Waals surface area contributed by atoms with Crippen molar-refractivity contribution in [1.29, 1.82) is 0 Å². The standard InChI is InChI=1S/C12H27O6P.H3N/c1-4-5-6-7-8-9-12(10(2)13,11(3)14)18-19(15,16)17;/h10-11,13-14H,4-9H2,1-3H3,(H2,15,16,17);1H3. The van der Waals surface area contributed by atoms with Crippen LogP contribution in [-0.4, -0.2) is 37.8 Å². The predicted octanol–water partition coefficient (Wildman–Crippen LogP) is 2.12. The topological polar surface area (TPSA) is 142 Å². The Morgan fingerprint density at radius 2 is 1.50 bits per heavy atom. The lowest BCUT2D eigenvalue weighted by Gasteiger charge is -2.38. The van der Waals surface area contributed by atoms with E-state index in [-0.39, 0.29) is 12.6 Å². The molecule has 0 aliphatic carbocycles. The number of phosphoric acid groups is 1. The molecule has 0 bridgehead atoms. The van der Waals surface area contributed by atoms with Crippen LogP contribution < -0.4 is 6.15 Å². The average Bonchev–Trinajstić information content (AvgIpc) is 2.24. The third-order valence-electron chi connectivity index (χ3n) is 3.37. The zero-order valence-corrected chi connectivity index (χ0v) is 13.6. The van der Waals surface area contributed by atoms with Gasteiger partial charge in [0.25, 0.3) is 0 Å². The minimum absolute atomic E-state index is 0. The van der Waals surface area contributed by atoms with E-state index in [0.717, 1.165) is 25.7 Å². The largest absolute Gasteiger partial charge is 0.470 e. The van der Waals surface area contributed by atoms with E-state index in [1.165, 1.54) is 13.8 Å². The summed E-state index contributed by atoms with van der Waals surface area (Å²) in [5.74, 6) is 0. The molecule has 2 atom stereocenters. The number of unbranched alkanes of at least 4 members (excludes halogenated alkanes) is 4. The minimum Gasteiger partial charge on any atom is -0.390 e. The Kier molecular flexibility index (Phi) is 11.0. The highest BCUT2D eigenvalue weighted by Gasteiger charge is 2.45. The monoisotopic (exact) mass is 315 g/mol. The number of rotatable bonds is 10. The van der Waals surface area contributed by atoms with Gasteiger partial charge in [-0.2, -0.15) is 0 Å². The average molecular weight is 315 g/mol. The molecule has 0 aromatic rings. The maximum Gasteiger partial charge on any atom is 0.470 e. The molecule has 7 nitrogen and oxygen atoms in total. The van der Waals surface area contributed by atoms with E-state index in [1.807, 2.05) is 0 Å². The van der Waals surface area contributed by atoms with Crippen LogP contribution in [0.5, 0.6) is 0 Å². The van der Waals surface area contributed by atoms with E-state index < -0.39 is 25.6 Å². The van der Waals surface area contributed by atoms with Crippen molar-refractivity contribution in [1.82, 2.24) is 6.15 Å². The Balaban J connectivity index is 0. The molecule has 0 saturated heterocycles. The molecular formula is C12H30NO6P. The quantitative estimate of drug-likeness (QED) is 0.307. The van der Waals surface area contributed by atoms with Gasteiger partial charge in [0.15, 0.2) is 0 Å². The molecule has 0 saturated carbocycles. The number of aliphatic hydroxyl groups excluding tert-OH is 2. The van der Waals surface area contributed by atoms with Gasteiger partial charge in [-0.1, -0.05) is 39.0 Å². The molecule has 2 unspecified atom stereocenters. The van der Waals surface area contributed by atoms with Crippen LogP contribution in [0.4, 0.5) is 0 Å². The Bertz CT molecular complexity index is 284. The minimum atomic E-state index is -4.78. The molecule has 0 aromatic carbocycles. The van der Waals surface area contributed by atoms with Crippen molar-refractivity contribution in [3.63, 3.8) is 0 Å². The number of aliphatic hydroxyl groups is 2. The summed E-state index contributed by atoms with van der Waals surface area (Å²) in [5.41, 5.74) is -1.62. The van der Waals surface area contributed by atoms with Crippen LogP contribution in [-0.2, 0) is 9.09 Å². The van der Waals surface area contributed by atoms with Crippen molar-refractivity contribution in [2.45, 2.75) is 77.1 Å². The second kappa shape index (κ2) is 9.84. The maximum atomic E-state index is 11.0. The lowest BCUT2D eigenvalue weighted by Crippen LogP contribution is -2.51. The highest BCUT2D eigenvalue weighted by atomic mass is 31.2. The molecule has 0 aliphatic rings. The molecule has 8 heteroatoms. The van der Waals surface area contributed by atoms with Crippen molar-refractivity contribution in [3.8, 4) is 0 Å². The van der Waals surface area contributed by atoms with Gasteiger partial charge < -0.3 is 26.2 Å². The van der Waals surface area contributed by atoms with E-state index in [9.17, 15) is 14.8 Å². The van der Waals surface area contributed by atoms with Crippen LogP contribution in [0.2, 0.25) is 0 Å². The van der Waals surface area contributed by atoms with Crippen LogP contribution >= 0.6 is 7.82 Å². The predicted molar refractivity (Wildman–Crippen MR) is 77.6 cm³/mol. The van der Waals surface area contributed by atoms with E-state index in [4.69, 9.17) is 14.3 Å². The lowest BCUT2D eigenvalue weighted by atomic mass is 9.86.